The van der Waals surface area contributed by atoms with E-state index in [1.54, 1.807) is 6.92 Å². The fourth-order valence-corrected chi connectivity index (χ4v) is 8.18. The molecule has 152 valence electrons. The maximum absolute atomic E-state index is 12.3. The molecule has 0 heterocycles. The SMILES string of the molecule is CC(=O)O[C@H]1CC[C@@]2(C)[C@H](CC[C@@H]3[C@@H]2CC[C@]2(C)[C@@H](C(C)=O)CC[C@]32O)C1. The van der Waals surface area contributed by atoms with Crippen molar-refractivity contribution in [1.29, 1.82) is 0 Å². The molecule has 0 spiro atoms. The molecule has 0 aromatic heterocycles. The topological polar surface area (TPSA) is 63.6 Å². The van der Waals surface area contributed by atoms with Crippen molar-refractivity contribution in [2.75, 3.05) is 0 Å². The molecule has 27 heavy (non-hydrogen) atoms. The average molecular weight is 377 g/mol. The van der Waals surface area contributed by atoms with E-state index in [1.165, 1.54) is 6.92 Å². The predicted molar refractivity (Wildman–Crippen MR) is 103 cm³/mol. The van der Waals surface area contributed by atoms with Crippen LogP contribution in [0.25, 0.3) is 0 Å². The summed E-state index contributed by atoms with van der Waals surface area (Å²) in [6.07, 6.45) is 8.96. The van der Waals surface area contributed by atoms with Gasteiger partial charge in [-0.2, -0.15) is 0 Å². The number of Topliss-reactive ketones (excluding diaryl/α,β-unsaturated/α-hetero) is 1. The third kappa shape index (κ3) is 2.65. The second-order valence-electron chi connectivity index (χ2n) is 10.6. The van der Waals surface area contributed by atoms with E-state index in [-0.39, 0.29) is 34.6 Å². The first-order valence-electron chi connectivity index (χ1n) is 11.0. The van der Waals surface area contributed by atoms with Crippen LogP contribution in [0, 0.1) is 34.5 Å². The first kappa shape index (κ1) is 19.4. The Balaban J connectivity index is 1.59. The van der Waals surface area contributed by atoms with Crippen molar-refractivity contribution >= 4 is 11.8 Å². The third-order valence-corrected chi connectivity index (χ3v) is 9.63. The van der Waals surface area contributed by atoms with Crippen LogP contribution in [0.4, 0.5) is 0 Å². The van der Waals surface area contributed by atoms with Gasteiger partial charge in [-0.05, 0) is 87.9 Å². The van der Waals surface area contributed by atoms with Crippen molar-refractivity contribution < 1.29 is 19.4 Å². The van der Waals surface area contributed by atoms with Gasteiger partial charge in [-0.25, -0.2) is 0 Å². The Morgan fingerprint density at radius 2 is 1.67 bits per heavy atom. The smallest absolute Gasteiger partial charge is 0.302 e. The van der Waals surface area contributed by atoms with E-state index in [0.29, 0.717) is 17.8 Å². The van der Waals surface area contributed by atoms with Crippen LogP contribution in [0.5, 0.6) is 0 Å². The van der Waals surface area contributed by atoms with Gasteiger partial charge in [0.15, 0.2) is 0 Å². The Hall–Kier alpha value is -0.900. The number of rotatable bonds is 2. The van der Waals surface area contributed by atoms with E-state index in [1.807, 2.05) is 0 Å². The van der Waals surface area contributed by atoms with Gasteiger partial charge in [-0.15, -0.1) is 0 Å². The summed E-state index contributed by atoms with van der Waals surface area (Å²) >= 11 is 0. The van der Waals surface area contributed by atoms with Gasteiger partial charge in [0, 0.05) is 18.3 Å². The molecule has 0 unspecified atom stereocenters. The Kier molecular flexibility index (Phi) is 4.53. The lowest BCUT2D eigenvalue weighted by atomic mass is 9.43. The summed E-state index contributed by atoms with van der Waals surface area (Å²) < 4.78 is 5.54. The predicted octanol–water partition coefficient (Wildman–Crippen LogP) is 4.28. The average Bonchev–Trinajstić information content (AvgIpc) is 2.86. The highest BCUT2D eigenvalue weighted by molar-refractivity contribution is 5.80. The monoisotopic (exact) mass is 376 g/mol. The first-order chi connectivity index (χ1) is 12.6. The van der Waals surface area contributed by atoms with Crippen molar-refractivity contribution in [2.45, 2.75) is 97.2 Å². The molecule has 0 aromatic rings. The highest BCUT2D eigenvalue weighted by atomic mass is 16.5. The van der Waals surface area contributed by atoms with Gasteiger partial charge in [0.25, 0.3) is 0 Å². The Bertz CT molecular complexity index is 644. The molecular weight excluding hydrogens is 340 g/mol. The highest BCUT2D eigenvalue weighted by Gasteiger charge is 2.67. The minimum absolute atomic E-state index is 0.0219. The van der Waals surface area contributed by atoms with Crippen LogP contribution < -0.4 is 0 Å². The lowest BCUT2D eigenvalue weighted by molar-refractivity contribution is -0.211. The van der Waals surface area contributed by atoms with Crippen LogP contribution in [0.3, 0.4) is 0 Å². The van der Waals surface area contributed by atoms with Crippen LogP contribution in [0.2, 0.25) is 0 Å². The number of fused-ring (bicyclic) bond motifs is 5. The number of hydrogen-bond donors (Lipinski definition) is 1. The van der Waals surface area contributed by atoms with Gasteiger partial charge in [0.1, 0.15) is 11.9 Å². The minimum Gasteiger partial charge on any atom is -0.463 e. The Labute approximate surface area is 163 Å². The molecule has 4 saturated carbocycles. The quantitative estimate of drug-likeness (QED) is 0.731. The van der Waals surface area contributed by atoms with Crippen molar-refractivity contribution in [3.8, 4) is 0 Å². The Morgan fingerprint density at radius 1 is 0.926 bits per heavy atom. The molecule has 4 nitrogen and oxygen atoms in total. The van der Waals surface area contributed by atoms with Crippen molar-refractivity contribution in [2.24, 2.45) is 34.5 Å². The molecule has 4 rings (SSSR count). The van der Waals surface area contributed by atoms with Crippen LogP contribution in [0.1, 0.15) is 85.5 Å². The summed E-state index contributed by atoms with van der Waals surface area (Å²) in [6, 6.07) is 0. The zero-order chi connectivity index (χ0) is 19.6. The number of esters is 1. The number of ether oxygens (including phenoxy) is 1. The minimum atomic E-state index is -0.688. The van der Waals surface area contributed by atoms with Gasteiger partial charge in [-0.1, -0.05) is 13.8 Å². The van der Waals surface area contributed by atoms with E-state index in [2.05, 4.69) is 13.8 Å². The zero-order valence-corrected chi connectivity index (χ0v) is 17.4. The summed E-state index contributed by atoms with van der Waals surface area (Å²) in [5.41, 5.74) is -0.712. The highest BCUT2D eigenvalue weighted by Crippen LogP contribution is 2.69. The van der Waals surface area contributed by atoms with Gasteiger partial charge in [0.05, 0.1) is 5.60 Å². The second kappa shape index (κ2) is 6.30. The van der Waals surface area contributed by atoms with E-state index in [9.17, 15) is 14.7 Å². The number of hydrogen-bond acceptors (Lipinski definition) is 4. The van der Waals surface area contributed by atoms with E-state index < -0.39 is 5.60 Å². The van der Waals surface area contributed by atoms with Crippen molar-refractivity contribution in [3.63, 3.8) is 0 Å². The zero-order valence-electron chi connectivity index (χ0n) is 17.4. The molecule has 0 amide bonds. The summed E-state index contributed by atoms with van der Waals surface area (Å²) in [4.78, 5) is 23.7. The lowest BCUT2D eigenvalue weighted by Crippen LogP contribution is -2.62. The summed E-state index contributed by atoms with van der Waals surface area (Å²) in [5, 5.41) is 11.9. The summed E-state index contributed by atoms with van der Waals surface area (Å²) in [7, 11) is 0. The molecule has 4 fully saturated rings. The van der Waals surface area contributed by atoms with Crippen LogP contribution in [-0.4, -0.2) is 28.6 Å². The molecule has 8 atom stereocenters. The molecule has 4 aliphatic rings. The molecule has 0 aliphatic heterocycles. The maximum atomic E-state index is 12.3. The molecule has 0 radical (unpaired) electrons. The van der Waals surface area contributed by atoms with Crippen molar-refractivity contribution in [3.05, 3.63) is 0 Å². The summed E-state index contributed by atoms with van der Waals surface area (Å²) in [5.74, 6) is 1.53. The molecule has 1 N–H and O–H groups in total. The number of carbonyl (C=O) groups is 2. The first-order valence-corrected chi connectivity index (χ1v) is 11.0. The van der Waals surface area contributed by atoms with E-state index in [0.717, 1.165) is 57.8 Å². The largest absolute Gasteiger partial charge is 0.463 e. The Morgan fingerprint density at radius 3 is 2.33 bits per heavy atom. The normalized spacial score (nSPS) is 51.7. The second-order valence-corrected chi connectivity index (χ2v) is 10.6. The van der Waals surface area contributed by atoms with Gasteiger partial charge < -0.3 is 9.84 Å². The molecule has 4 aliphatic carbocycles. The van der Waals surface area contributed by atoms with Crippen LogP contribution >= 0.6 is 0 Å². The molecule has 0 saturated heterocycles. The van der Waals surface area contributed by atoms with Gasteiger partial charge in [-0.3, -0.25) is 9.59 Å². The van der Waals surface area contributed by atoms with Gasteiger partial charge in [0.2, 0.25) is 0 Å². The van der Waals surface area contributed by atoms with Gasteiger partial charge >= 0.3 is 5.97 Å². The number of carbonyl (C=O) groups excluding carboxylic acids is 2. The molecule has 0 bridgehead atoms. The summed E-state index contributed by atoms with van der Waals surface area (Å²) in [6.45, 7) is 7.84. The maximum Gasteiger partial charge on any atom is 0.302 e. The fraction of sp³-hybridized carbons (Fsp3) is 0.913. The molecule has 4 heteroatoms. The van der Waals surface area contributed by atoms with Crippen molar-refractivity contribution in [1.82, 2.24) is 0 Å². The third-order valence-electron chi connectivity index (χ3n) is 9.63. The number of ketones is 1. The fourth-order valence-electron chi connectivity index (χ4n) is 8.18. The van der Waals surface area contributed by atoms with Crippen LogP contribution in [0.15, 0.2) is 0 Å². The molecular formula is C23H36O4. The lowest BCUT2D eigenvalue weighted by Gasteiger charge is -2.63. The van der Waals surface area contributed by atoms with Crippen LogP contribution in [-0.2, 0) is 14.3 Å². The molecule has 0 aromatic carbocycles. The standard InChI is InChI=1S/C23H36O4/c1-14(24)18-9-12-23(26)20-6-5-16-13-17(27-15(2)25)7-10-21(16,3)19(20)8-11-22(18,23)4/h16-20,26H,5-13H2,1-4H3/t16-,17+,18-,19+,20-,21+,22-,23+/m1/s1. The number of aliphatic hydroxyl groups is 1. The van der Waals surface area contributed by atoms with E-state index in [4.69, 9.17) is 4.74 Å². The van der Waals surface area contributed by atoms with E-state index >= 15 is 0 Å².